The molecule has 0 radical (unpaired) electrons. The minimum absolute atomic E-state index is 0.107. The van der Waals surface area contributed by atoms with Crippen molar-refractivity contribution in [1.29, 1.82) is 0 Å². The van der Waals surface area contributed by atoms with E-state index in [-0.39, 0.29) is 12.0 Å². The number of nitrogens with one attached hydrogen (secondary N) is 1. The van der Waals surface area contributed by atoms with Crippen molar-refractivity contribution in [3.05, 3.63) is 59.7 Å². The summed E-state index contributed by atoms with van der Waals surface area (Å²) < 4.78 is 17.0. The third-order valence-electron chi connectivity index (χ3n) is 5.93. The molecule has 0 unspecified atom stereocenters. The molecule has 1 saturated heterocycles. The molecule has 1 atom stereocenters. The molecule has 2 aromatic carbocycles. The molecule has 174 valence electrons. The minimum Gasteiger partial charge on any atom is -0.480 e. The molecule has 33 heavy (non-hydrogen) atoms. The first-order chi connectivity index (χ1) is 15.4. The second-order valence-electron chi connectivity index (χ2n) is 9.02. The Hall–Kier alpha value is -3.17. The molecule has 1 heterocycles. The lowest BCUT2D eigenvalue weighted by Gasteiger charge is -2.32. The summed E-state index contributed by atoms with van der Waals surface area (Å²) in [5.41, 5.74) is 0.930. The predicted molar refractivity (Wildman–Crippen MR) is 123 cm³/mol. The van der Waals surface area contributed by atoms with Crippen molar-refractivity contribution in [3.63, 3.8) is 0 Å². The fraction of sp³-hybridized carbons (Fsp3) is 0.375. The first-order valence-electron chi connectivity index (χ1n) is 10.6. The average molecular weight is 453 g/mol. The predicted octanol–water partition coefficient (Wildman–Crippen LogP) is 2.34. The summed E-state index contributed by atoms with van der Waals surface area (Å²) in [7, 11) is -0.506. The van der Waals surface area contributed by atoms with Crippen LogP contribution in [0.25, 0.3) is 0 Å². The van der Waals surface area contributed by atoms with E-state index in [1.807, 2.05) is 39.8 Å². The first kappa shape index (κ1) is 24.5. The number of aliphatic carboxylic acids is 1. The smallest absolute Gasteiger partial charge is 0.480 e. The molecule has 0 saturated carbocycles. The van der Waals surface area contributed by atoms with Crippen LogP contribution in [0.2, 0.25) is 0 Å². The second-order valence-corrected chi connectivity index (χ2v) is 9.02. The van der Waals surface area contributed by atoms with E-state index in [2.05, 4.69) is 5.32 Å². The maximum Gasteiger partial charge on any atom is 0.494 e. The van der Waals surface area contributed by atoms with Gasteiger partial charge in [-0.3, -0.25) is 9.59 Å². The molecule has 0 spiro atoms. The third-order valence-corrected chi connectivity index (χ3v) is 5.93. The Balaban J connectivity index is 1.65. The maximum atomic E-state index is 12.5. The van der Waals surface area contributed by atoms with Crippen LogP contribution in [-0.2, 0) is 25.3 Å². The number of ether oxygens (including phenoxy) is 1. The zero-order valence-electron chi connectivity index (χ0n) is 19.4. The van der Waals surface area contributed by atoms with Crippen molar-refractivity contribution < 1.29 is 33.5 Å². The van der Waals surface area contributed by atoms with Crippen molar-refractivity contribution in [2.45, 2.75) is 58.3 Å². The summed E-state index contributed by atoms with van der Waals surface area (Å²) in [6.45, 7) is 9.19. The molecule has 1 amide bonds. The molecular weight excluding hydrogens is 425 g/mol. The SMILES string of the molecule is CC(=O)Oc1ccc(C(=O)N[C@H](Cc2ccc(B3OC(C)(C)C(C)(C)O3)cc2)C(=O)O)cc1. The van der Waals surface area contributed by atoms with Gasteiger partial charge in [-0.2, -0.15) is 0 Å². The lowest BCUT2D eigenvalue weighted by molar-refractivity contribution is -0.139. The van der Waals surface area contributed by atoms with Gasteiger partial charge in [0.15, 0.2) is 0 Å². The van der Waals surface area contributed by atoms with Crippen LogP contribution in [-0.4, -0.2) is 47.3 Å². The number of esters is 1. The van der Waals surface area contributed by atoms with Gasteiger partial charge in [0.05, 0.1) is 11.2 Å². The van der Waals surface area contributed by atoms with E-state index in [0.717, 1.165) is 11.0 Å². The maximum absolute atomic E-state index is 12.5. The minimum atomic E-state index is -1.14. The van der Waals surface area contributed by atoms with Crippen LogP contribution in [0, 0.1) is 0 Å². The lowest BCUT2D eigenvalue weighted by atomic mass is 9.78. The number of benzene rings is 2. The molecule has 1 fully saturated rings. The third kappa shape index (κ3) is 5.80. The molecule has 2 N–H and O–H groups in total. The number of carboxylic acids is 1. The van der Waals surface area contributed by atoms with E-state index in [1.54, 1.807) is 12.1 Å². The van der Waals surface area contributed by atoms with Gasteiger partial charge >= 0.3 is 19.1 Å². The molecule has 8 nitrogen and oxygen atoms in total. The van der Waals surface area contributed by atoms with Crippen molar-refractivity contribution >= 4 is 30.4 Å². The van der Waals surface area contributed by atoms with Crippen molar-refractivity contribution in [2.75, 3.05) is 0 Å². The molecule has 2 aromatic rings. The molecule has 0 aromatic heterocycles. The normalized spacial score (nSPS) is 17.3. The Bertz CT molecular complexity index is 1020. The van der Waals surface area contributed by atoms with Crippen LogP contribution in [0.1, 0.15) is 50.5 Å². The van der Waals surface area contributed by atoms with Crippen LogP contribution in [0.4, 0.5) is 0 Å². The summed E-state index contributed by atoms with van der Waals surface area (Å²) in [5.74, 6) is -1.85. The van der Waals surface area contributed by atoms with Gasteiger partial charge in [0.1, 0.15) is 11.8 Å². The topological polar surface area (TPSA) is 111 Å². The van der Waals surface area contributed by atoms with Gasteiger partial charge in [-0.05, 0) is 63.0 Å². The zero-order valence-corrected chi connectivity index (χ0v) is 19.4. The summed E-state index contributed by atoms with van der Waals surface area (Å²) in [6, 6.07) is 12.0. The molecule has 0 aliphatic carbocycles. The fourth-order valence-corrected chi connectivity index (χ4v) is 3.31. The quantitative estimate of drug-likeness (QED) is 0.376. The van der Waals surface area contributed by atoms with Crippen LogP contribution in [0.3, 0.4) is 0 Å². The number of rotatable bonds is 7. The van der Waals surface area contributed by atoms with E-state index in [0.29, 0.717) is 5.75 Å². The first-order valence-corrected chi connectivity index (χ1v) is 10.6. The van der Waals surface area contributed by atoms with Crippen LogP contribution in [0.5, 0.6) is 5.75 Å². The Labute approximate surface area is 193 Å². The molecule has 1 aliphatic heterocycles. The van der Waals surface area contributed by atoms with Crippen molar-refractivity contribution in [3.8, 4) is 5.75 Å². The molecule has 0 bridgehead atoms. The van der Waals surface area contributed by atoms with Gasteiger partial charge in [-0.15, -0.1) is 0 Å². The highest BCUT2D eigenvalue weighted by Gasteiger charge is 2.51. The number of carbonyl (C=O) groups is 3. The van der Waals surface area contributed by atoms with E-state index in [9.17, 15) is 19.5 Å². The average Bonchev–Trinajstić information content (AvgIpc) is 2.95. The number of carboxylic acid groups (broad SMARTS) is 1. The van der Waals surface area contributed by atoms with Gasteiger partial charge in [-0.25, -0.2) is 4.79 Å². The van der Waals surface area contributed by atoms with Gasteiger partial charge in [0.2, 0.25) is 0 Å². The largest absolute Gasteiger partial charge is 0.494 e. The van der Waals surface area contributed by atoms with Crippen molar-refractivity contribution in [2.24, 2.45) is 0 Å². The van der Waals surface area contributed by atoms with Gasteiger partial charge < -0.3 is 24.5 Å². The van der Waals surface area contributed by atoms with Gasteiger partial charge in [-0.1, -0.05) is 24.3 Å². The van der Waals surface area contributed by atoms with Crippen molar-refractivity contribution in [1.82, 2.24) is 5.32 Å². The summed E-state index contributed by atoms with van der Waals surface area (Å²) in [4.78, 5) is 35.3. The van der Waals surface area contributed by atoms with Crippen LogP contribution in [0.15, 0.2) is 48.5 Å². The van der Waals surface area contributed by atoms with E-state index in [1.165, 1.54) is 31.2 Å². The van der Waals surface area contributed by atoms with Crippen LogP contribution >= 0.6 is 0 Å². The molecule has 3 rings (SSSR count). The van der Waals surface area contributed by atoms with E-state index in [4.69, 9.17) is 14.0 Å². The second kappa shape index (κ2) is 9.37. The molecular formula is C24H28BNO7. The Morgan fingerprint density at radius 1 is 0.970 bits per heavy atom. The lowest BCUT2D eigenvalue weighted by Crippen LogP contribution is -2.42. The highest BCUT2D eigenvalue weighted by molar-refractivity contribution is 6.62. The highest BCUT2D eigenvalue weighted by atomic mass is 16.7. The standard InChI is InChI=1S/C24H28BNO7/c1-15(27)31-19-12-8-17(9-13-19)21(28)26-20(22(29)30)14-16-6-10-18(11-7-16)25-32-23(2,3)24(4,5)33-25/h6-13,20H,14H2,1-5H3,(H,26,28)(H,29,30)/t20-/m1/s1. The number of amides is 1. The Morgan fingerprint density at radius 3 is 2.00 bits per heavy atom. The number of carbonyl (C=O) groups excluding carboxylic acids is 2. The zero-order chi connectivity index (χ0) is 24.4. The highest BCUT2D eigenvalue weighted by Crippen LogP contribution is 2.36. The van der Waals surface area contributed by atoms with E-state index >= 15 is 0 Å². The molecule has 9 heteroatoms. The Morgan fingerprint density at radius 2 is 1.52 bits per heavy atom. The monoisotopic (exact) mass is 453 g/mol. The summed E-state index contributed by atoms with van der Waals surface area (Å²) in [6.07, 6.45) is 0.107. The van der Waals surface area contributed by atoms with Gasteiger partial charge in [0, 0.05) is 18.9 Å². The number of hydrogen-bond donors (Lipinski definition) is 2. The number of hydrogen-bond acceptors (Lipinski definition) is 6. The summed E-state index contributed by atoms with van der Waals surface area (Å²) in [5, 5.41) is 12.1. The summed E-state index contributed by atoms with van der Waals surface area (Å²) >= 11 is 0. The molecule has 1 aliphatic rings. The fourth-order valence-electron chi connectivity index (χ4n) is 3.31. The van der Waals surface area contributed by atoms with E-state index < -0.39 is 42.2 Å². The van der Waals surface area contributed by atoms with Crippen LogP contribution < -0.4 is 15.5 Å². The Kier molecular flexibility index (Phi) is 6.95. The van der Waals surface area contributed by atoms with Gasteiger partial charge in [0.25, 0.3) is 5.91 Å².